The van der Waals surface area contributed by atoms with Gasteiger partial charge in [-0.25, -0.2) is 0 Å². The molecule has 0 bridgehead atoms. The second-order valence-corrected chi connectivity index (χ2v) is 6.60. The predicted molar refractivity (Wildman–Crippen MR) is 86.8 cm³/mol. The van der Waals surface area contributed by atoms with E-state index in [0.29, 0.717) is 23.9 Å². The van der Waals surface area contributed by atoms with Gasteiger partial charge in [0.05, 0.1) is 11.9 Å². The summed E-state index contributed by atoms with van der Waals surface area (Å²) in [5.74, 6) is 1.83. The predicted octanol–water partition coefficient (Wildman–Crippen LogP) is 1.92. The van der Waals surface area contributed by atoms with Crippen LogP contribution in [0, 0.1) is 0 Å². The largest absolute Gasteiger partial charge is 0.377 e. The first-order valence-electron chi connectivity index (χ1n) is 7.40. The molecule has 2 rings (SSSR count). The molecule has 6 heteroatoms. The third-order valence-electron chi connectivity index (χ3n) is 4.16. The molecule has 0 spiro atoms. The lowest BCUT2D eigenvalue weighted by Gasteiger charge is -2.38. The van der Waals surface area contributed by atoms with Crippen LogP contribution in [0.5, 0.6) is 0 Å². The number of amides is 1. The fourth-order valence-corrected chi connectivity index (χ4v) is 3.69. The Hall–Kier alpha value is 0.0300. The van der Waals surface area contributed by atoms with Gasteiger partial charge in [0.2, 0.25) is 5.91 Å². The number of rotatable bonds is 4. The van der Waals surface area contributed by atoms with E-state index < -0.39 is 0 Å². The van der Waals surface area contributed by atoms with Gasteiger partial charge in [0.1, 0.15) is 0 Å². The molecule has 2 aliphatic heterocycles. The van der Waals surface area contributed by atoms with Crippen molar-refractivity contribution in [3.05, 3.63) is 0 Å². The van der Waals surface area contributed by atoms with Crippen LogP contribution in [0.4, 0.5) is 0 Å². The Balaban J connectivity index is 0.00000200. The van der Waals surface area contributed by atoms with E-state index in [0.717, 1.165) is 31.9 Å². The highest BCUT2D eigenvalue weighted by atomic mass is 35.5. The number of halogens is 1. The van der Waals surface area contributed by atoms with Gasteiger partial charge in [0, 0.05) is 37.5 Å². The number of carbonyl (C=O) groups is 1. The van der Waals surface area contributed by atoms with E-state index in [2.05, 4.69) is 19.2 Å². The lowest BCUT2D eigenvalue weighted by atomic mass is 10.1. The summed E-state index contributed by atoms with van der Waals surface area (Å²) in [7, 11) is 0. The van der Waals surface area contributed by atoms with Gasteiger partial charge in [-0.2, -0.15) is 0 Å². The Bertz CT molecular complexity index is 301. The van der Waals surface area contributed by atoms with Crippen LogP contribution < -0.4 is 5.32 Å². The molecular formula is C14H27ClN2O2S. The van der Waals surface area contributed by atoms with Crippen LogP contribution in [0.3, 0.4) is 0 Å². The summed E-state index contributed by atoms with van der Waals surface area (Å²) in [5, 5.41) is 3.40. The summed E-state index contributed by atoms with van der Waals surface area (Å²) in [5.41, 5.74) is 0. The molecule has 3 unspecified atom stereocenters. The summed E-state index contributed by atoms with van der Waals surface area (Å²) in [6.07, 6.45) is 3.98. The standard InChI is InChI=1S/C14H26N2O2S.ClH/c1-11-12(2)16(7-6-15-11)14(17)10-19-9-13-5-3-4-8-18-13;/h11-13,15H,3-10H2,1-2H3;1H. The number of hydrogen-bond acceptors (Lipinski definition) is 4. The zero-order valence-corrected chi connectivity index (χ0v) is 14.1. The van der Waals surface area contributed by atoms with Crippen molar-refractivity contribution in [3.8, 4) is 0 Å². The molecule has 3 atom stereocenters. The van der Waals surface area contributed by atoms with Crippen molar-refractivity contribution in [2.45, 2.75) is 51.3 Å². The third kappa shape index (κ3) is 5.10. The van der Waals surface area contributed by atoms with Crippen molar-refractivity contribution in [1.29, 1.82) is 0 Å². The maximum absolute atomic E-state index is 12.2. The molecule has 118 valence electrons. The SMILES string of the molecule is CC1NCCN(C(=O)CSCC2CCCCO2)C1C.Cl. The summed E-state index contributed by atoms with van der Waals surface area (Å²) in [6, 6.07) is 0.692. The molecule has 2 aliphatic rings. The van der Waals surface area contributed by atoms with Gasteiger partial charge in [0.25, 0.3) is 0 Å². The average Bonchev–Trinajstić information content (AvgIpc) is 2.43. The van der Waals surface area contributed by atoms with Crippen LogP contribution in [0.2, 0.25) is 0 Å². The van der Waals surface area contributed by atoms with Crippen molar-refractivity contribution < 1.29 is 9.53 Å². The lowest BCUT2D eigenvalue weighted by molar-refractivity contribution is -0.131. The van der Waals surface area contributed by atoms with Crippen LogP contribution >= 0.6 is 24.2 Å². The lowest BCUT2D eigenvalue weighted by Crippen LogP contribution is -2.57. The zero-order valence-electron chi connectivity index (χ0n) is 12.5. The highest BCUT2D eigenvalue weighted by Crippen LogP contribution is 2.18. The molecule has 4 nitrogen and oxygen atoms in total. The Morgan fingerprint density at radius 3 is 2.90 bits per heavy atom. The highest BCUT2D eigenvalue weighted by molar-refractivity contribution is 7.99. The van der Waals surface area contributed by atoms with Crippen LogP contribution in [0.1, 0.15) is 33.1 Å². The topological polar surface area (TPSA) is 41.6 Å². The summed E-state index contributed by atoms with van der Waals surface area (Å²) >= 11 is 1.73. The van der Waals surface area contributed by atoms with E-state index in [1.165, 1.54) is 12.8 Å². The normalized spacial score (nSPS) is 30.7. The van der Waals surface area contributed by atoms with Crippen LogP contribution in [0.15, 0.2) is 0 Å². The average molecular weight is 323 g/mol. The minimum absolute atomic E-state index is 0. The van der Waals surface area contributed by atoms with Gasteiger partial charge in [-0.15, -0.1) is 24.2 Å². The van der Waals surface area contributed by atoms with E-state index in [9.17, 15) is 4.79 Å². The summed E-state index contributed by atoms with van der Waals surface area (Å²) in [4.78, 5) is 14.3. The molecule has 20 heavy (non-hydrogen) atoms. The van der Waals surface area contributed by atoms with E-state index in [1.54, 1.807) is 11.8 Å². The van der Waals surface area contributed by atoms with Crippen molar-refractivity contribution in [2.24, 2.45) is 0 Å². The smallest absolute Gasteiger partial charge is 0.232 e. The Morgan fingerprint density at radius 1 is 1.40 bits per heavy atom. The summed E-state index contributed by atoms with van der Waals surface area (Å²) in [6.45, 7) is 6.92. The maximum atomic E-state index is 12.2. The molecule has 0 aromatic rings. The second-order valence-electron chi connectivity index (χ2n) is 5.57. The molecule has 2 fully saturated rings. The molecule has 0 saturated carbocycles. The molecule has 2 heterocycles. The van der Waals surface area contributed by atoms with E-state index in [4.69, 9.17) is 4.74 Å². The highest BCUT2D eigenvalue weighted by Gasteiger charge is 2.27. The number of thioether (sulfide) groups is 1. The molecule has 0 radical (unpaired) electrons. The molecule has 0 aliphatic carbocycles. The first-order chi connectivity index (χ1) is 9.18. The third-order valence-corrected chi connectivity index (χ3v) is 5.22. The Labute approximate surface area is 132 Å². The van der Waals surface area contributed by atoms with Crippen molar-refractivity contribution in [2.75, 3.05) is 31.2 Å². The monoisotopic (exact) mass is 322 g/mol. The van der Waals surface area contributed by atoms with Gasteiger partial charge in [-0.05, 0) is 33.1 Å². The molecule has 0 aromatic heterocycles. The number of hydrogen-bond donors (Lipinski definition) is 1. The van der Waals surface area contributed by atoms with Crippen LogP contribution in [-0.4, -0.2) is 60.2 Å². The van der Waals surface area contributed by atoms with Gasteiger partial charge in [0.15, 0.2) is 0 Å². The minimum atomic E-state index is 0. The Morgan fingerprint density at radius 2 is 2.20 bits per heavy atom. The number of carbonyl (C=O) groups excluding carboxylic acids is 1. The van der Waals surface area contributed by atoms with Gasteiger partial charge < -0.3 is 15.0 Å². The molecular weight excluding hydrogens is 296 g/mol. The second kappa shape index (κ2) is 9.13. The van der Waals surface area contributed by atoms with Crippen molar-refractivity contribution >= 4 is 30.1 Å². The summed E-state index contributed by atoms with van der Waals surface area (Å²) < 4.78 is 5.69. The maximum Gasteiger partial charge on any atom is 0.232 e. The van der Waals surface area contributed by atoms with Crippen molar-refractivity contribution in [1.82, 2.24) is 10.2 Å². The van der Waals surface area contributed by atoms with Crippen LogP contribution in [0.25, 0.3) is 0 Å². The number of nitrogens with zero attached hydrogens (tertiary/aromatic N) is 1. The molecule has 2 saturated heterocycles. The molecule has 1 amide bonds. The van der Waals surface area contributed by atoms with Crippen molar-refractivity contribution in [3.63, 3.8) is 0 Å². The first-order valence-corrected chi connectivity index (χ1v) is 8.56. The zero-order chi connectivity index (χ0) is 13.7. The molecule has 1 N–H and O–H groups in total. The van der Waals surface area contributed by atoms with E-state index in [-0.39, 0.29) is 18.3 Å². The van der Waals surface area contributed by atoms with Crippen LogP contribution in [-0.2, 0) is 9.53 Å². The molecule has 0 aromatic carbocycles. The fourth-order valence-electron chi connectivity index (χ4n) is 2.71. The number of piperazine rings is 1. The van der Waals surface area contributed by atoms with Gasteiger partial charge >= 0.3 is 0 Å². The van der Waals surface area contributed by atoms with E-state index >= 15 is 0 Å². The minimum Gasteiger partial charge on any atom is -0.377 e. The van der Waals surface area contributed by atoms with Gasteiger partial charge in [-0.1, -0.05) is 0 Å². The number of ether oxygens (including phenoxy) is 1. The van der Waals surface area contributed by atoms with Gasteiger partial charge in [-0.3, -0.25) is 4.79 Å². The first kappa shape index (κ1) is 18.1. The quantitative estimate of drug-likeness (QED) is 0.858. The van der Waals surface area contributed by atoms with E-state index in [1.807, 2.05) is 4.90 Å². The number of nitrogens with one attached hydrogen (secondary N) is 1. The fraction of sp³-hybridized carbons (Fsp3) is 0.929. The Kier molecular flexibility index (Phi) is 8.25.